The fourth-order valence-electron chi connectivity index (χ4n) is 4.64. The fourth-order valence-corrected chi connectivity index (χ4v) is 5.72. The minimum Gasteiger partial charge on any atom is -0.348 e. The van der Waals surface area contributed by atoms with E-state index in [-0.39, 0.29) is 11.9 Å². The molecule has 1 aliphatic rings. The van der Waals surface area contributed by atoms with Gasteiger partial charge in [0.05, 0.1) is 4.88 Å². The van der Waals surface area contributed by atoms with Gasteiger partial charge in [-0.1, -0.05) is 24.3 Å². The Labute approximate surface area is 209 Å². The van der Waals surface area contributed by atoms with Crippen molar-refractivity contribution in [3.05, 3.63) is 59.2 Å². The molecule has 1 amide bonds. The van der Waals surface area contributed by atoms with Crippen LogP contribution in [0.3, 0.4) is 0 Å². The molecule has 1 atom stereocenters. The summed E-state index contributed by atoms with van der Waals surface area (Å²) in [6.07, 6.45) is 3.56. The first-order valence-electron chi connectivity index (χ1n) is 12.1. The molecule has 4 heterocycles. The van der Waals surface area contributed by atoms with Gasteiger partial charge in [0, 0.05) is 68.7 Å². The highest BCUT2D eigenvalue weighted by Gasteiger charge is 2.23. The maximum absolute atomic E-state index is 13.1. The lowest BCUT2D eigenvalue weighted by Gasteiger charge is -2.35. The number of nitrogens with one attached hydrogen (secondary N) is 1. The van der Waals surface area contributed by atoms with Crippen LogP contribution < -0.4 is 10.2 Å². The molecule has 1 fully saturated rings. The summed E-state index contributed by atoms with van der Waals surface area (Å²) in [5.41, 5.74) is 3.24. The van der Waals surface area contributed by atoms with Gasteiger partial charge in [-0.2, -0.15) is 5.10 Å². The average Bonchev–Trinajstić information content (AvgIpc) is 3.45. The van der Waals surface area contributed by atoms with Crippen molar-refractivity contribution in [1.29, 1.82) is 0 Å². The SMILES string of the molecule is CCn1nc(-c2ccccc2C)c2cc(C(=O)NC(C)CN3CCN(c4ncccn4)CC3)sc21. The number of hydrogen-bond acceptors (Lipinski definition) is 7. The molecular formula is C26H31N7OS. The molecule has 8 nitrogen and oxygen atoms in total. The smallest absolute Gasteiger partial charge is 0.261 e. The van der Waals surface area contributed by atoms with E-state index in [0.29, 0.717) is 0 Å². The zero-order valence-corrected chi connectivity index (χ0v) is 21.3. The zero-order valence-electron chi connectivity index (χ0n) is 20.4. The third kappa shape index (κ3) is 4.92. The summed E-state index contributed by atoms with van der Waals surface area (Å²) >= 11 is 1.52. The van der Waals surface area contributed by atoms with Gasteiger partial charge in [-0.05, 0) is 38.5 Å². The molecule has 1 aliphatic heterocycles. The lowest BCUT2D eigenvalue weighted by molar-refractivity contribution is 0.0932. The van der Waals surface area contributed by atoms with Crippen LogP contribution in [0.25, 0.3) is 21.5 Å². The topological polar surface area (TPSA) is 79.2 Å². The normalized spacial score (nSPS) is 15.5. The van der Waals surface area contributed by atoms with E-state index in [2.05, 4.69) is 58.0 Å². The van der Waals surface area contributed by atoms with Crippen LogP contribution in [0, 0.1) is 6.92 Å². The Morgan fingerprint density at radius 1 is 1.11 bits per heavy atom. The number of anilines is 1. The molecule has 0 radical (unpaired) electrons. The van der Waals surface area contributed by atoms with Gasteiger partial charge in [-0.25, -0.2) is 9.97 Å². The number of piperazine rings is 1. The summed E-state index contributed by atoms with van der Waals surface area (Å²) < 4.78 is 2.00. The van der Waals surface area contributed by atoms with Crippen LogP contribution in [0.15, 0.2) is 48.8 Å². The number of hydrogen-bond donors (Lipinski definition) is 1. The number of aryl methyl sites for hydroxylation is 2. The minimum absolute atomic E-state index is 0.0200. The Hall–Kier alpha value is -3.30. The molecule has 1 saturated heterocycles. The third-order valence-corrected chi connectivity index (χ3v) is 7.61. The molecule has 0 saturated carbocycles. The van der Waals surface area contributed by atoms with Gasteiger partial charge in [0.1, 0.15) is 10.5 Å². The second-order valence-electron chi connectivity index (χ2n) is 9.02. The largest absolute Gasteiger partial charge is 0.348 e. The molecule has 5 rings (SSSR count). The summed E-state index contributed by atoms with van der Waals surface area (Å²) in [7, 11) is 0. The second kappa shape index (κ2) is 10.1. The number of rotatable bonds is 7. The molecule has 1 N–H and O–H groups in total. The quantitative estimate of drug-likeness (QED) is 0.425. The van der Waals surface area contributed by atoms with E-state index in [9.17, 15) is 4.79 Å². The van der Waals surface area contributed by atoms with Gasteiger partial charge in [0.2, 0.25) is 5.95 Å². The maximum atomic E-state index is 13.1. The second-order valence-corrected chi connectivity index (χ2v) is 10.1. The Morgan fingerprint density at radius 2 is 1.86 bits per heavy atom. The van der Waals surface area contributed by atoms with E-state index in [1.54, 1.807) is 12.4 Å². The van der Waals surface area contributed by atoms with Crippen molar-refractivity contribution < 1.29 is 4.79 Å². The molecule has 0 bridgehead atoms. The number of benzene rings is 1. The van der Waals surface area contributed by atoms with Gasteiger partial charge in [-0.15, -0.1) is 11.3 Å². The first-order valence-corrected chi connectivity index (χ1v) is 13.0. The van der Waals surface area contributed by atoms with Crippen LogP contribution in [0.5, 0.6) is 0 Å². The number of carbonyl (C=O) groups is 1. The zero-order chi connectivity index (χ0) is 24.4. The van der Waals surface area contributed by atoms with E-state index >= 15 is 0 Å². The van der Waals surface area contributed by atoms with E-state index in [4.69, 9.17) is 5.10 Å². The molecule has 1 unspecified atom stereocenters. The number of thiophene rings is 1. The Balaban J connectivity index is 1.24. The summed E-state index contributed by atoms with van der Waals surface area (Å²) in [6.45, 7) is 11.5. The van der Waals surface area contributed by atoms with Crippen molar-refractivity contribution in [1.82, 2.24) is 30.0 Å². The fraction of sp³-hybridized carbons (Fsp3) is 0.385. The number of fused-ring (bicyclic) bond motifs is 1. The maximum Gasteiger partial charge on any atom is 0.261 e. The average molecular weight is 490 g/mol. The highest BCUT2D eigenvalue weighted by molar-refractivity contribution is 7.20. The van der Waals surface area contributed by atoms with Crippen molar-refractivity contribution in [3.63, 3.8) is 0 Å². The van der Waals surface area contributed by atoms with Crippen molar-refractivity contribution in [2.75, 3.05) is 37.6 Å². The van der Waals surface area contributed by atoms with Crippen LogP contribution in [0.1, 0.15) is 29.1 Å². The Kier molecular flexibility index (Phi) is 6.79. The number of aromatic nitrogens is 4. The van der Waals surface area contributed by atoms with Crippen LogP contribution in [0.4, 0.5) is 5.95 Å². The number of carbonyl (C=O) groups excluding carboxylic acids is 1. The third-order valence-electron chi connectivity index (χ3n) is 6.46. The first-order chi connectivity index (χ1) is 17.0. The predicted octanol–water partition coefficient (Wildman–Crippen LogP) is 3.82. The van der Waals surface area contributed by atoms with Gasteiger partial charge >= 0.3 is 0 Å². The van der Waals surface area contributed by atoms with Gasteiger partial charge in [0.15, 0.2) is 0 Å². The molecular weight excluding hydrogens is 458 g/mol. The van der Waals surface area contributed by atoms with Crippen molar-refractivity contribution >= 4 is 33.4 Å². The Bertz CT molecular complexity index is 1310. The summed E-state index contributed by atoms with van der Waals surface area (Å²) in [6, 6.07) is 12.2. The summed E-state index contributed by atoms with van der Waals surface area (Å²) in [5, 5.41) is 9.09. The van der Waals surface area contributed by atoms with Gasteiger partial charge < -0.3 is 10.2 Å². The van der Waals surface area contributed by atoms with E-state index in [0.717, 1.165) is 71.6 Å². The van der Waals surface area contributed by atoms with E-state index in [1.807, 2.05) is 28.9 Å². The molecule has 9 heteroatoms. The number of nitrogens with zero attached hydrogens (tertiary/aromatic N) is 6. The highest BCUT2D eigenvalue weighted by Crippen LogP contribution is 2.35. The lowest BCUT2D eigenvalue weighted by atomic mass is 10.0. The van der Waals surface area contributed by atoms with Crippen molar-refractivity contribution in [2.24, 2.45) is 0 Å². The summed E-state index contributed by atoms with van der Waals surface area (Å²) in [5.74, 6) is 0.766. The predicted molar refractivity (Wildman–Crippen MR) is 141 cm³/mol. The molecule has 0 spiro atoms. The molecule has 3 aromatic heterocycles. The highest BCUT2D eigenvalue weighted by atomic mass is 32.1. The molecule has 4 aromatic rings. The Morgan fingerprint density at radius 3 is 2.57 bits per heavy atom. The number of amides is 1. The van der Waals surface area contributed by atoms with Crippen LogP contribution in [-0.2, 0) is 6.54 Å². The van der Waals surface area contributed by atoms with Crippen LogP contribution >= 0.6 is 11.3 Å². The molecule has 1 aromatic carbocycles. The summed E-state index contributed by atoms with van der Waals surface area (Å²) in [4.78, 5) is 28.2. The van der Waals surface area contributed by atoms with Gasteiger partial charge in [0.25, 0.3) is 5.91 Å². The van der Waals surface area contributed by atoms with E-state index < -0.39 is 0 Å². The molecule has 182 valence electrons. The van der Waals surface area contributed by atoms with Gasteiger partial charge in [-0.3, -0.25) is 14.4 Å². The molecule has 0 aliphatic carbocycles. The van der Waals surface area contributed by atoms with Crippen molar-refractivity contribution in [2.45, 2.75) is 33.4 Å². The van der Waals surface area contributed by atoms with Crippen molar-refractivity contribution in [3.8, 4) is 11.3 Å². The van der Waals surface area contributed by atoms with E-state index in [1.165, 1.54) is 16.9 Å². The van der Waals surface area contributed by atoms with Crippen LogP contribution in [0.2, 0.25) is 0 Å². The minimum atomic E-state index is -0.0200. The monoisotopic (exact) mass is 489 g/mol. The molecule has 35 heavy (non-hydrogen) atoms. The first kappa shape index (κ1) is 23.4. The van der Waals surface area contributed by atoms with Crippen LogP contribution in [-0.4, -0.2) is 69.3 Å². The standard InChI is InChI=1S/C26H31N7OS/c1-4-33-25-21(23(30-33)20-9-6-5-8-18(20)2)16-22(35-25)24(34)29-19(3)17-31-12-14-32(15-13-31)26-27-10-7-11-28-26/h5-11,16,19H,4,12-15,17H2,1-3H3,(H,29,34). The lowest BCUT2D eigenvalue weighted by Crippen LogP contribution is -2.51.